The Morgan fingerprint density at radius 1 is 1.20 bits per heavy atom. The fraction of sp³-hybridized carbons (Fsp3) is 0.294. The van der Waals surface area contributed by atoms with E-state index < -0.39 is 34.4 Å². The van der Waals surface area contributed by atoms with Crippen molar-refractivity contribution in [2.45, 2.75) is 12.5 Å². The molecule has 1 aromatic heterocycles. The summed E-state index contributed by atoms with van der Waals surface area (Å²) in [4.78, 5) is 24.5. The molecule has 0 radical (unpaired) electrons. The van der Waals surface area contributed by atoms with Crippen LogP contribution in [0, 0.1) is 0 Å². The number of sulfone groups is 1. The second kappa shape index (κ2) is 7.37. The van der Waals surface area contributed by atoms with Crippen LogP contribution < -0.4 is 5.32 Å². The summed E-state index contributed by atoms with van der Waals surface area (Å²) < 4.78 is 27.8. The van der Waals surface area contributed by atoms with Crippen molar-refractivity contribution in [1.29, 1.82) is 0 Å². The van der Waals surface area contributed by atoms with E-state index in [9.17, 15) is 18.0 Å². The zero-order valence-electron chi connectivity index (χ0n) is 13.3. The molecule has 1 aliphatic rings. The van der Waals surface area contributed by atoms with Crippen molar-refractivity contribution in [3.63, 3.8) is 0 Å². The highest BCUT2D eigenvalue weighted by Gasteiger charge is 2.29. The first kappa shape index (κ1) is 17.6. The predicted molar refractivity (Wildman–Crippen MR) is 95.2 cm³/mol. The van der Waals surface area contributed by atoms with Gasteiger partial charge in [0, 0.05) is 11.6 Å². The number of ether oxygens (including phenoxy) is 1. The van der Waals surface area contributed by atoms with Crippen LogP contribution in [0.1, 0.15) is 16.1 Å². The van der Waals surface area contributed by atoms with E-state index in [4.69, 9.17) is 4.74 Å². The maximum Gasteiger partial charge on any atom is 0.349 e. The van der Waals surface area contributed by atoms with E-state index in [0.717, 1.165) is 11.1 Å². The first-order chi connectivity index (χ1) is 11.9. The largest absolute Gasteiger partial charge is 0.451 e. The van der Waals surface area contributed by atoms with Gasteiger partial charge < -0.3 is 10.1 Å². The van der Waals surface area contributed by atoms with E-state index in [0.29, 0.717) is 11.3 Å². The maximum atomic E-state index is 12.3. The van der Waals surface area contributed by atoms with E-state index in [-0.39, 0.29) is 11.5 Å². The van der Waals surface area contributed by atoms with Crippen molar-refractivity contribution in [2.75, 3.05) is 18.1 Å². The van der Waals surface area contributed by atoms with Gasteiger partial charge in [0.25, 0.3) is 5.91 Å². The van der Waals surface area contributed by atoms with Crippen LogP contribution >= 0.6 is 11.3 Å². The number of thiophene rings is 1. The molecule has 2 aromatic rings. The first-order valence-corrected chi connectivity index (χ1v) is 10.4. The molecule has 2 heterocycles. The Kier molecular flexibility index (Phi) is 5.19. The lowest BCUT2D eigenvalue weighted by molar-refractivity contribution is -0.124. The van der Waals surface area contributed by atoms with E-state index in [1.807, 2.05) is 36.4 Å². The minimum absolute atomic E-state index is 0.0598. The molecule has 0 aliphatic carbocycles. The summed E-state index contributed by atoms with van der Waals surface area (Å²) >= 11 is 1.25. The molecule has 1 saturated heterocycles. The van der Waals surface area contributed by atoms with Crippen LogP contribution in [0.3, 0.4) is 0 Å². The van der Waals surface area contributed by atoms with Gasteiger partial charge in [0.1, 0.15) is 4.88 Å². The fourth-order valence-corrected chi connectivity index (χ4v) is 5.17. The molecular formula is C17H17NO5S2. The summed E-state index contributed by atoms with van der Waals surface area (Å²) in [6.45, 7) is -0.429. The van der Waals surface area contributed by atoms with Crippen LogP contribution in [-0.4, -0.2) is 44.4 Å². The van der Waals surface area contributed by atoms with E-state index >= 15 is 0 Å². The minimum Gasteiger partial charge on any atom is -0.451 e. The van der Waals surface area contributed by atoms with Gasteiger partial charge in [0.05, 0.1) is 11.5 Å². The topological polar surface area (TPSA) is 89.5 Å². The van der Waals surface area contributed by atoms with Gasteiger partial charge in [0.2, 0.25) is 0 Å². The Labute approximate surface area is 149 Å². The number of hydrogen-bond acceptors (Lipinski definition) is 6. The molecule has 0 bridgehead atoms. The van der Waals surface area contributed by atoms with Crippen molar-refractivity contribution in [3.05, 3.63) is 46.7 Å². The highest BCUT2D eigenvalue weighted by atomic mass is 32.2. The van der Waals surface area contributed by atoms with Crippen LogP contribution in [0.4, 0.5) is 0 Å². The molecule has 3 rings (SSSR count). The Hall–Kier alpha value is -2.19. The average molecular weight is 379 g/mol. The standard InChI is InChI=1S/C17H17NO5S2/c19-15(18-13-7-9-25(21,22)11-13)10-23-17(20)16-14(6-8-24-16)12-4-2-1-3-5-12/h1-6,8,13H,7,9-11H2,(H,18,19). The minimum atomic E-state index is -3.06. The molecule has 1 amide bonds. The van der Waals surface area contributed by atoms with Crippen molar-refractivity contribution in [3.8, 4) is 11.1 Å². The van der Waals surface area contributed by atoms with Crippen LogP contribution in [0.25, 0.3) is 11.1 Å². The van der Waals surface area contributed by atoms with Gasteiger partial charge >= 0.3 is 5.97 Å². The molecule has 6 nitrogen and oxygen atoms in total. The smallest absolute Gasteiger partial charge is 0.349 e. The Balaban J connectivity index is 1.57. The molecular weight excluding hydrogens is 362 g/mol. The van der Waals surface area contributed by atoms with E-state index in [1.54, 1.807) is 5.38 Å². The lowest BCUT2D eigenvalue weighted by atomic mass is 10.1. The molecule has 1 fully saturated rings. The van der Waals surface area contributed by atoms with E-state index in [2.05, 4.69) is 5.32 Å². The quantitative estimate of drug-likeness (QED) is 0.801. The highest BCUT2D eigenvalue weighted by molar-refractivity contribution is 7.91. The summed E-state index contributed by atoms with van der Waals surface area (Å²) in [5.74, 6) is -1.04. The zero-order chi connectivity index (χ0) is 17.9. The number of nitrogens with one attached hydrogen (secondary N) is 1. The number of esters is 1. The molecule has 25 heavy (non-hydrogen) atoms. The van der Waals surface area contributed by atoms with Gasteiger partial charge in [-0.1, -0.05) is 30.3 Å². The van der Waals surface area contributed by atoms with E-state index in [1.165, 1.54) is 11.3 Å². The number of amides is 1. The third kappa shape index (κ3) is 4.46. The van der Waals surface area contributed by atoms with Gasteiger partial charge in [-0.15, -0.1) is 11.3 Å². The average Bonchev–Trinajstić information content (AvgIpc) is 3.20. The second-order valence-electron chi connectivity index (χ2n) is 5.77. The number of hydrogen-bond donors (Lipinski definition) is 1. The lowest BCUT2D eigenvalue weighted by Gasteiger charge is -2.11. The van der Waals surface area contributed by atoms with Gasteiger partial charge in [0.15, 0.2) is 16.4 Å². The van der Waals surface area contributed by atoms with Crippen molar-refractivity contribution < 1.29 is 22.7 Å². The predicted octanol–water partition coefficient (Wildman–Crippen LogP) is 1.88. The molecule has 0 spiro atoms. The molecule has 8 heteroatoms. The Morgan fingerprint density at radius 2 is 1.96 bits per heavy atom. The lowest BCUT2D eigenvalue weighted by Crippen LogP contribution is -2.38. The normalized spacial score (nSPS) is 18.6. The first-order valence-electron chi connectivity index (χ1n) is 7.74. The van der Waals surface area contributed by atoms with Gasteiger partial charge in [-0.05, 0) is 23.4 Å². The number of carbonyl (C=O) groups is 2. The maximum absolute atomic E-state index is 12.3. The van der Waals surface area contributed by atoms with Crippen molar-refractivity contribution in [1.82, 2.24) is 5.32 Å². The molecule has 1 aliphatic heterocycles. The van der Waals surface area contributed by atoms with Gasteiger partial charge in [-0.25, -0.2) is 13.2 Å². The Morgan fingerprint density at radius 3 is 2.64 bits per heavy atom. The molecule has 1 unspecified atom stereocenters. The van der Waals surface area contributed by atoms with Gasteiger partial charge in [-0.3, -0.25) is 4.79 Å². The second-order valence-corrected chi connectivity index (χ2v) is 8.92. The number of carbonyl (C=O) groups excluding carboxylic acids is 2. The van der Waals surface area contributed by atoms with Crippen molar-refractivity contribution in [2.24, 2.45) is 0 Å². The van der Waals surface area contributed by atoms with Crippen LogP contribution in [-0.2, 0) is 19.4 Å². The highest BCUT2D eigenvalue weighted by Crippen LogP contribution is 2.28. The monoisotopic (exact) mass is 379 g/mol. The summed E-state index contributed by atoms with van der Waals surface area (Å²) in [5.41, 5.74) is 1.66. The summed E-state index contributed by atoms with van der Waals surface area (Å²) in [6.07, 6.45) is 0.394. The molecule has 132 valence electrons. The van der Waals surface area contributed by atoms with Crippen LogP contribution in [0.2, 0.25) is 0 Å². The number of rotatable bonds is 5. The molecule has 1 N–H and O–H groups in total. The van der Waals surface area contributed by atoms with Gasteiger partial charge in [-0.2, -0.15) is 0 Å². The third-order valence-electron chi connectivity index (χ3n) is 3.87. The Bertz CT molecular complexity index is 873. The van der Waals surface area contributed by atoms with Crippen molar-refractivity contribution >= 4 is 33.1 Å². The molecule has 1 aromatic carbocycles. The number of benzene rings is 1. The summed E-state index contributed by atoms with van der Waals surface area (Å²) in [7, 11) is -3.06. The van der Waals surface area contributed by atoms with Crippen LogP contribution in [0.5, 0.6) is 0 Å². The summed E-state index contributed by atoms with van der Waals surface area (Å²) in [5, 5.41) is 4.38. The molecule has 1 atom stereocenters. The SMILES string of the molecule is O=C(COC(=O)c1sccc1-c1ccccc1)NC1CCS(=O)(=O)C1. The fourth-order valence-electron chi connectivity index (χ4n) is 2.69. The zero-order valence-corrected chi connectivity index (χ0v) is 14.9. The summed E-state index contributed by atoms with van der Waals surface area (Å²) in [6, 6.07) is 10.9. The van der Waals surface area contributed by atoms with Crippen LogP contribution in [0.15, 0.2) is 41.8 Å². The molecule has 0 saturated carbocycles. The third-order valence-corrected chi connectivity index (χ3v) is 6.53.